The molecule has 0 aliphatic heterocycles. The van der Waals surface area contributed by atoms with E-state index in [-0.39, 0.29) is 11.4 Å². The van der Waals surface area contributed by atoms with Crippen LogP contribution >= 0.6 is 23.1 Å². The molecular formula is C21H16F2N4OS2. The third kappa shape index (κ3) is 4.74. The summed E-state index contributed by atoms with van der Waals surface area (Å²) in [6, 6.07) is 16.7. The number of carbonyl (C=O) groups is 1. The molecular weight excluding hydrogens is 426 g/mol. The van der Waals surface area contributed by atoms with Gasteiger partial charge in [-0.05, 0) is 29.1 Å². The van der Waals surface area contributed by atoms with Crippen molar-refractivity contribution in [1.29, 1.82) is 0 Å². The molecule has 0 aliphatic rings. The predicted octanol–water partition coefficient (Wildman–Crippen LogP) is 5.06. The van der Waals surface area contributed by atoms with Crippen molar-refractivity contribution in [3.63, 3.8) is 0 Å². The van der Waals surface area contributed by atoms with E-state index in [0.29, 0.717) is 17.5 Å². The Labute approximate surface area is 179 Å². The topological polar surface area (TPSA) is 59.8 Å². The molecule has 5 nitrogen and oxygen atoms in total. The number of hydrogen-bond donors (Lipinski definition) is 1. The molecule has 0 unspecified atom stereocenters. The van der Waals surface area contributed by atoms with Gasteiger partial charge in [0.25, 0.3) is 0 Å². The summed E-state index contributed by atoms with van der Waals surface area (Å²) in [5, 5.41) is 13.5. The van der Waals surface area contributed by atoms with E-state index in [4.69, 9.17) is 0 Å². The van der Waals surface area contributed by atoms with Crippen LogP contribution in [0.5, 0.6) is 0 Å². The number of aromatic nitrogens is 3. The number of thiophene rings is 1. The molecule has 152 valence electrons. The van der Waals surface area contributed by atoms with Crippen LogP contribution in [-0.2, 0) is 11.3 Å². The van der Waals surface area contributed by atoms with E-state index in [0.717, 1.165) is 28.6 Å². The minimum Gasteiger partial charge on any atom is -0.323 e. The Kier molecular flexibility index (Phi) is 6.20. The zero-order chi connectivity index (χ0) is 20.9. The van der Waals surface area contributed by atoms with Gasteiger partial charge in [0.2, 0.25) is 5.91 Å². The van der Waals surface area contributed by atoms with Crippen molar-refractivity contribution in [1.82, 2.24) is 14.8 Å². The highest BCUT2D eigenvalue weighted by Crippen LogP contribution is 2.28. The minimum absolute atomic E-state index is 0.0205. The SMILES string of the molecule is O=C(CSc1nnc(-c2cccs2)n1Cc1ccccc1)Nc1cc(F)ccc1F. The first-order valence-electron chi connectivity index (χ1n) is 8.99. The van der Waals surface area contributed by atoms with Crippen LogP contribution in [0.4, 0.5) is 14.5 Å². The Morgan fingerprint density at radius 3 is 2.67 bits per heavy atom. The number of nitrogens with zero attached hydrogens (tertiary/aromatic N) is 3. The van der Waals surface area contributed by atoms with Gasteiger partial charge < -0.3 is 5.32 Å². The zero-order valence-corrected chi connectivity index (χ0v) is 17.2. The minimum atomic E-state index is -0.693. The van der Waals surface area contributed by atoms with E-state index in [1.54, 1.807) is 11.3 Å². The summed E-state index contributed by atoms with van der Waals surface area (Å²) in [7, 11) is 0. The summed E-state index contributed by atoms with van der Waals surface area (Å²) in [5.41, 5.74) is 0.883. The van der Waals surface area contributed by atoms with Crippen molar-refractivity contribution in [3.05, 3.63) is 83.2 Å². The van der Waals surface area contributed by atoms with Crippen LogP contribution in [0.3, 0.4) is 0 Å². The van der Waals surface area contributed by atoms with Gasteiger partial charge in [0.1, 0.15) is 11.6 Å². The molecule has 0 saturated heterocycles. The fraction of sp³-hybridized carbons (Fsp3) is 0.0952. The van der Waals surface area contributed by atoms with Gasteiger partial charge in [-0.25, -0.2) is 8.78 Å². The quantitative estimate of drug-likeness (QED) is 0.406. The first-order chi connectivity index (χ1) is 14.6. The Balaban J connectivity index is 1.52. The van der Waals surface area contributed by atoms with Gasteiger partial charge in [-0.2, -0.15) is 0 Å². The van der Waals surface area contributed by atoms with E-state index in [1.165, 1.54) is 11.8 Å². The summed E-state index contributed by atoms with van der Waals surface area (Å²) >= 11 is 2.74. The molecule has 0 saturated carbocycles. The van der Waals surface area contributed by atoms with Crippen LogP contribution < -0.4 is 5.32 Å². The predicted molar refractivity (Wildman–Crippen MR) is 115 cm³/mol. The van der Waals surface area contributed by atoms with Crippen molar-refractivity contribution in [3.8, 4) is 10.7 Å². The highest BCUT2D eigenvalue weighted by molar-refractivity contribution is 7.99. The van der Waals surface area contributed by atoms with Crippen LogP contribution in [0.2, 0.25) is 0 Å². The number of thioether (sulfide) groups is 1. The van der Waals surface area contributed by atoms with Crippen molar-refractivity contribution in [2.24, 2.45) is 0 Å². The highest BCUT2D eigenvalue weighted by Gasteiger charge is 2.17. The number of anilines is 1. The summed E-state index contributed by atoms with van der Waals surface area (Å²) < 4.78 is 29.0. The molecule has 0 spiro atoms. The van der Waals surface area contributed by atoms with Gasteiger partial charge >= 0.3 is 0 Å². The fourth-order valence-electron chi connectivity index (χ4n) is 2.80. The summed E-state index contributed by atoms with van der Waals surface area (Å²) in [6.45, 7) is 0.545. The molecule has 1 amide bonds. The molecule has 4 rings (SSSR count). The summed E-state index contributed by atoms with van der Waals surface area (Å²) in [6.07, 6.45) is 0. The first-order valence-corrected chi connectivity index (χ1v) is 10.9. The summed E-state index contributed by atoms with van der Waals surface area (Å²) in [4.78, 5) is 13.2. The molecule has 0 bridgehead atoms. The Hall–Kier alpha value is -3.04. The van der Waals surface area contributed by atoms with E-state index in [9.17, 15) is 13.6 Å². The van der Waals surface area contributed by atoms with Crippen molar-refractivity contribution in [2.75, 3.05) is 11.1 Å². The maximum Gasteiger partial charge on any atom is 0.234 e. The maximum absolute atomic E-state index is 13.7. The smallest absolute Gasteiger partial charge is 0.234 e. The Morgan fingerprint density at radius 2 is 1.90 bits per heavy atom. The number of carbonyl (C=O) groups excluding carboxylic acids is 1. The van der Waals surface area contributed by atoms with Crippen LogP contribution in [0.15, 0.2) is 71.2 Å². The third-order valence-electron chi connectivity index (χ3n) is 4.18. The fourth-order valence-corrected chi connectivity index (χ4v) is 4.26. The van der Waals surface area contributed by atoms with Crippen LogP contribution in [-0.4, -0.2) is 26.4 Å². The highest BCUT2D eigenvalue weighted by atomic mass is 32.2. The number of rotatable bonds is 7. The molecule has 9 heteroatoms. The van der Waals surface area contributed by atoms with Gasteiger partial charge in [-0.15, -0.1) is 21.5 Å². The Bertz CT molecular complexity index is 1150. The molecule has 30 heavy (non-hydrogen) atoms. The van der Waals surface area contributed by atoms with Gasteiger partial charge in [0.05, 0.1) is 22.9 Å². The molecule has 0 atom stereocenters. The van der Waals surface area contributed by atoms with Gasteiger partial charge in [0, 0.05) is 6.07 Å². The van der Waals surface area contributed by atoms with E-state index >= 15 is 0 Å². The number of nitrogens with one attached hydrogen (secondary N) is 1. The molecule has 2 aromatic carbocycles. The second-order valence-electron chi connectivity index (χ2n) is 6.32. The van der Waals surface area contributed by atoms with Crippen LogP contribution in [0.1, 0.15) is 5.56 Å². The number of halogens is 2. The third-order valence-corrected chi connectivity index (χ3v) is 6.01. The molecule has 2 heterocycles. The largest absolute Gasteiger partial charge is 0.323 e. The standard InChI is InChI=1S/C21H16F2N4OS2/c22-15-8-9-16(23)17(11-15)24-19(28)13-30-21-26-25-20(18-7-4-10-29-18)27(21)12-14-5-2-1-3-6-14/h1-11H,12-13H2,(H,24,28). The van der Waals surface area contributed by atoms with Gasteiger partial charge in [-0.3, -0.25) is 9.36 Å². The van der Waals surface area contributed by atoms with E-state index in [2.05, 4.69) is 15.5 Å². The molecule has 2 aromatic heterocycles. The normalized spacial score (nSPS) is 10.9. The van der Waals surface area contributed by atoms with Crippen molar-refractivity contribution < 1.29 is 13.6 Å². The van der Waals surface area contributed by atoms with Crippen molar-refractivity contribution in [2.45, 2.75) is 11.7 Å². The number of hydrogen-bond acceptors (Lipinski definition) is 5. The van der Waals surface area contributed by atoms with Gasteiger partial charge in [0.15, 0.2) is 11.0 Å². The monoisotopic (exact) mass is 442 g/mol. The lowest BCUT2D eigenvalue weighted by atomic mass is 10.2. The molecule has 0 radical (unpaired) electrons. The van der Waals surface area contributed by atoms with Gasteiger partial charge in [-0.1, -0.05) is 48.2 Å². The second-order valence-corrected chi connectivity index (χ2v) is 8.21. The van der Waals surface area contributed by atoms with E-state index in [1.807, 2.05) is 52.4 Å². The lowest BCUT2D eigenvalue weighted by Crippen LogP contribution is -2.16. The number of benzene rings is 2. The molecule has 4 aromatic rings. The van der Waals surface area contributed by atoms with Crippen molar-refractivity contribution >= 4 is 34.7 Å². The molecule has 1 N–H and O–H groups in total. The van der Waals surface area contributed by atoms with E-state index < -0.39 is 17.5 Å². The lowest BCUT2D eigenvalue weighted by molar-refractivity contribution is -0.113. The number of amides is 1. The summed E-state index contributed by atoms with van der Waals surface area (Å²) in [5.74, 6) is -1.08. The van der Waals surface area contributed by atoms with Crippen LogP contribution in [0, 0.1) is 11.6 Å². The average Bonchev–Trinajstić information content (AvgIpc) is 3.40. The zero-order valence-electron chi connectivity index (χ0n) is 15.6. The Morgan fingerprint density at radius 1 is 1.07 bits per heavy atom. The average molecular weight is 443 g/mol. The first kappa shape index (κ1) is 20.2. The maximum atomic E-state index is 13.7. The lowest BCUT2D eigenvalue weighted by Gasteiger charge is -2.10. The molecule has 0 aliphatic carbocycles. The second kappa shape index (κ2) is 9.19. The van der Waals surface area contributed by atoms with Crippen LogP contribution in [0.25, 0.3) is 10.7 Å². The molecule has 0 fully saturated rings.